The normalized spacial score (nSPS) is 16.0. The van der Waals surface area contributed by atoms with Gasteiger partial charge in [-0.1, -0.05) is 26.0 Å². The van der Waals surface area contributed by atoms with Crippen molar-refractivity contribution in [1.82, 2.24) is 4.57 Å². The largest absolute Gasteiger partial charge is 0.382 e. The fraction of sp³-hybridized carbons (Fsp3) is 0.350. The van der Waals surface area contributed by atoms with Crippen molar-refractivity contribution >= 4 is 11.5 Å². The fourth-order valence-corrected chi connectivity index (χ4v) is 3.46. The number of nitrogens with zero attached hydrogens (tertiary/aromatic N) is 1. The number of fused-ring (bicyclic) bond motifs is 1. The quantitative estimate of drug-likeness (QED) is 0.841. The first-order valence-electron chi connectivity index (χ1n) is 8.11. The number of carbonyl (C=O) groups excluding carboxylic acids is 1. The number of aryl methyl sites for hydroxylation is 1. The SMILES string of the molecule is C=CCNc1cccc(-n2c(C)cc3c2CC(C)(C)CC3=O)c1. The van der Waals surface area contributed by atoms with E-state index in [1.54, 1.807) is 0 Å². The summed E-state index contributed by atoms with van der Waals surface area (Å²) in [4.78, 5) is 12.5. The average molecular weight is 308 g/mol. The molecule has 0 radical (unpaired) electrons. The minimum Gasteiger partial charge on any atom is -0.382 e. The Bertz CT molecular complexity index is 768. The highest BCUT2D eigenvalue weighted by molar-refractivity contribution is 5.99. The molecule has 0 amide bonds. The van der Waals surface area contributed by atoms with Gasteiger partial charge in [0.05, 0.1) is 0 Å². The molecule has 3 nitrogen and oxygen atoms in total. The molecular weight excluding hydrogens is 284 g/mol. The van der Waals surface area contributed by atoms with E-state index in [4.69, 9.17) is 0 Å². The molecule has 0 aliphatic heterocycles. The molecule has 0 atom stereocenters. The Morgan fingerprint density at radius 2 is 2.09 bits per heavy atom. The predicted octanol–water partition coefficient (Wildman–Crippen LogP) is 4.54. The van der Waals surface area contributed by atoms with E-state index in [-0.39, 0.29) is 11.2 Å². The van der Waals surface area contributed by atoms with Gasteiger partial charge in [-0.3, -0.25) is 4.79 Å². The zero-order valence-electron chi connectivity index (χ0n) is 14.1. The molecule has 0 bridgehead atoms. The predicted molar refractivity (Wildman–Crippen MR) is 95.6 cm³/mol. The molecule has 1 aliphatic rings. The Labute approximate surface area is 138 Å². The molecule has 0 saturated heterocycles. The number of ketones is 1. The van der Waals surface area contributed by atoms with E-state index >= 15 is 0 Å². The van der Waals surface area contributed by atoms with Gasteiger partial charge >= 0.3 is 0 Å². The van der Waals surface area contributed by atoms with Crippen molar-refractivity contribution in [3.05, 3.63) is 59.9 Å². The number of nitrogens with one attached hydrogen (secondary N) is 1. The van der Waals surface area contributed by atoms with Gasteiger partial charge in [0.2, 0.25) is 0 Å². The zero-order valence-corrected chi connectivity index (χ0v) is 14.1. The summed E-state index contributed by atoms with van der Waals surface area (Å²) in [6, 6.07) is 10.4. The van der Waals surface area contributed by atoms with Crippen LogP contribution in [0.5, 0.6) is 0 Å². The second kappa shape index (κ2) is 5.73. The van der Waals surface area contributed by atoms with Crippen molar-refractivity contribution < 1.29 is 4.79 Å². The number of hydrogen-bond acceptors (Lipinski definition) is 2. The zero-order chi connectivity index (χ0) is 16.6. The number of carbonyl (C=O) groups is 1. The van der Waals surface area contributed by atoms with Crippen LogP contribution in [0.2, 0.25) is 0 Å². The molecule has 3 rings (SSSR count). The van der Waals surface area contributed by atoms with Crippen molar-refractivity contribution in [1.29, 1.82) is 0 Å². The monoisotopic (exact) mass is 308 g/mol. The molecule has 1 aromatic carbocycles. The highest BCUT2D eigenvalue weighted by Crippen LogP contribution is 2.37. The van der Waals surface area contributed by atoms with Crippen LogP contribution < -0.4 is 5.32 Å². The Hall–Kier alpha value is -2.29. The van der Waals surface area contributed by atoms with Crippen LogP contribution in [0.4, 0.5) is 5.69 Å². The molecular formula is C20H24N2O. The standard InChI is InChI=1S/C20H24N2O/c1-5-9-21-15-7-6-8-16(11-15)22-14(2)10-17-18(22)12-20(3,4)13-19(17)23/h5-8,10-11,21H,1,9,12-13H2,2-4H3. The molecule has 2 aromatic rings. The topological polar surface area (TPSA) is 34.0 Å². The van der Waals surface area contributed by atoms with Crippen LogP contribution >= 0.6 is 0 Å². The third-order valence-corrected chi connectivity index (χ3v) is 4.43. The Morgan fingerprint density at radius 1 is 1.30 bits per heavy atom. The van der Waals surface area contributed by atoms with Crippen LogP contribution in [0.3, 0.4) is 0 Å². The number of hydrogen-bond donors (Lipinski definition) is 1. The highest BCUT2D eigenvalue weighted by atomic mass is 16.1. The Kier molecular flexibility index (Phi) is 3.88. The number of aromatic nitrogens is 1. The van der Waals surface area contributed by atoms with Gasteiger partial charge < -0.3 is 9.88 Å². The van der Waals surface area contributed by atoms with Gasteiger partial charge in [-0.2, -0.15) is 0 Å². The summed E-state index contributed by atoms with van der Waals surface area (Å²) in [6.45, 7) is 10.9. The maximum absolute atomic E-state index is 12.5. The highest BCUT2D eigenvalue weighted by Gasteiger charge is 2.34. The number of anilines is 1. The molecule has 1 heterocycles. The lowest BCUT2D eigenvalue weighted by molar-refractivity contribution is 0.0911. The molecule has 0 unspecified atom stereocenters. The lowest BCUT2D eigenvalue weighted by Crippen LogP contribution is -2.27. The molecule has 23 heavy (non-hydrogen) atoms. The van der Waals surface area contributed by atoms with E-state index < -0.39 is 0 Å². The minimum atomic E-state index is 0.0192. The first-order chi connectivity index (χ1) is 10.9. The average Bonchev–Trinajstić information content (AvgIpc) is 2.80. The molecule has 0 spiro atoms. The molecule has 0 saturated carbocycles. The maximum Gasteiger partial charge on any atom is 0.165 e. The number of benzene rings is 1. The van der Waals surface area contributed by atoms with Crippen molar-refractivity contribution in [2.75, 3.05) is 11.9 Å². The summed E-state index contributed by atoms with van der Waals surface area (Å²) in [5.41, 5.74) is 5.33. The fourth-order valence-electron chi connectivity index (χ4n) is 3.46. The van der Waals surface area contributed by atoms with E-state index in [2.05, 4.69) is 49.4 Å². The number of rotatable bonds is 4. The Balaban J connectivity index is 2.08. The van der Waals surface area contributed by atoms with Gasteiger partial charge in [-0.25, -0.2) is 0 Å². The van der Waals surface area contributed by atoms with E-state index in [9.17, 15) is 4.79 Å². The lowest BCUT2D eigenvalue weighted by atomic mass is 9.76. The van der Waals surface area contributed by atoms with Gasteiger partial charge in [0.25, 0.3) is 0 Å². The molecule has 1 N–H and O–H groups in total. The third kappa shape index (κ3) is 2.96. The second-order valence-electron chi connectivity index (χ2n) is 7.14. The first-order valence-corrected chi connectivity index (χ1v) is 8.11. The van der Waals surface area contributed by atoms with Crippen LogP contribution in [0.1, 0.15) is 42.0 Å². The molecule has 1 aromatic heterocycles. The molecule has 120 valence electrons. The van der Waals surface area contributed by atoms with Gasteiger partial charge in [0, 0.05) is 41.3 Å². The number of Topliss-reactive ketones (excluding diaryl/α,β-unsaturated/α-hetero) is 1. The third-order valence-electron chi connectivity index (χ3n) is 4.43. The van der Waals surface area contributed by atoms with Crippen molar-refractivity contribution in [3.63, 3.8) is 0 Å². The summed E-state index contributed by atoms with van der Waals surface area (Å²) in [6.07, 6.45) is 3.40. The minimum absolute atomic E-state index is 0.0192. The van der Waals surface area contributed by atoms with Gasteiger partial charge in [-0.15, -0.1) is 6.58 Å². The summed E-state index contributed by atoms with van der Waals surface area (Å²) in [5.74, 6) is 0.263. The van der Waals surface area contributed by atoms with Crippen LogP contribution in [-0.4, -0.2) is 16.9 Å². The van der Waals surface area contributed by atoms with Gasteiger partial charge in [0.1, 0.15) is 0 Å². The molecule has 0 fully saturated rings. The lowest BCUT2D eigenvalue weighted by Gasteiger charge is -2.30. The van der Waals surface area contributed by atoms with E-state index in [1.165, 1.54) is 0 Å². The van der Waals surface area contributed by atoms with Crippen molar-refractivity contribution in [3.8, 4) is 5.69 Å². The van der Waals surface area contributed by atoms with Crippen LogP contribution in [0.15, 0.2) is 43.0 Å². The summed E-state index contributed by atoms with van der Waals surface area (Å²) in [5, 5.41) is 3.32. The van der Waals surface area contributed by atoms with E-state index in [0.29, 0.717) is 6.42 Å². The maximum atomic E-state index is 12.5. The van der Waals surface area contributed by atoms with Crippen LogP contribution in [0.25, 0.3) is 5.69 Å². The summed E-state index contributed by atoms with van der Waals surface area (Å²) >= 11 is 0. The van der Waals surface area contributed by atoms with Crippen molar-refractivity contribution in [2.45, 2.75) is 33.6 Å². The summed E-state index contributed by atoms with van der Waals surface area (Å²) < 4.78 is 2.23. The second-order valence-corrected chi connectivity index (χ2v) is 7.14. The van der Waals surface area contributed by atoms with Crippen LogP contribution in [0, 0.1) is 12.3 Å². The molecule has 1 aliphatic carbocycles. The van der Waals surface area contributed by atoms with Gasteiger partial charge in [0.15, 0.2) is 5.78 Å². The van der Waals surface area contributed by atoms with E-state index in [1.807, 2.05) is 24.3 Å². The smallest absolute Gasteiger partial charge is 0.165 e. The van der Waals surface area contributed by atoms with Gasteiger partial charge in [-0.05, 0) is 43.0 Å². The Morgan fingerprint density at radius 3 is 2.83 bits per heavy atom. The first kappa shape index (κ1) is 15.6. The molecule has 3 heteroatoms. The van der Waals surface area contributed by atoms with E-state index in [0.717, 1.165) is 41.3 Å². The van der Waals surface area contributed by atoms with Crippen LogP contribution in [-0.2, 0) is 6.42 Å². The van der Waals surface area contributed by atoms with Crippen molar-refractivity contribution in [2.24, 2.45) is 5.41 Å². The summed E-state index contributed by atoms with van der Waals surface area (Å²) in [7, 11) is 0.